The normalized spacial score (nSPS) is 11.5. The molecule has 0 aliphatic heterocycles. The molecule has 19 heavy (non-hydrogen) atoms. The van der Waals surface area contributed by atoms with Gasteiger partial charge in [0.25, 0.3) is 5.91 Å². The van der Waals surface area contributed by atoms with Crippen molar-refractivity contribution in [3.8, 4) is 0 Å². The standard InChI is InChI=1S/C14H20BrFN2O/c1-4-18(9-14(2,3)8-17)13(19)12-10(15)6-5-7-11(12)16/h5-7H,4,8-9,17H2,1-3H3. The van der Waals surface area contributed by atoms with Gasteiger partial charge < -0.3 is 10.6 Å². The van der Waals surface area contributed by atoms with Gasteiger partial charge in [-0.1, -0.05) is 19.9 Å². The van der Waals surface area contributed by atoms with Gasteiger partial charge in [0.15, 0.2) is 0 Å². The monoisotopic (exact) mass is 330 g/mol. The van der Waals surface area contributed by atoms with Gasteiger partial charge in [-0.25, -0.2) is 4.39 Å². The molecule has 3 nitrogen and oxygen atoms in total. The van der Waals surface area contributed by atoms with E-state index in [-0.39, 0.29) is 16.9 Å². The van der Waals surface area contributed by atoms with Crippen molar-refractivity contribution in [3.63, 3.8) is 0 Å². The zero-order chi connectivity index (χ0) is 14.6. The molecule has 0 aliphatic rings. The Balaban J connectivity index is 3.03. The highest BCUT2D eigenvalue weighted by atomic mass is 79.9. The van der Waals surface area contributed by atoms with Gasteiger partial charge in [0.05, 0.1) is 5.56 Å². The van der Waals surface area contributed by atoms with Crippen molar-refractivity contribution in [2.24, 2.45) is 11.1 Å². The summed E-state index contributed by atoms with van der Waals surface area (Å²) in [6.07, 6.45) is 0. The van der Waals surface area contributed by atoms with Gasteiger partial charge in [0, 0.05) is 17.6 Å². The number of rotatable bonds is 5. The van der Waals surface area contributed by atoms with E-state index in [1.165, 1.54) is 6.07 Å². The first-order chi connectivity index (χ1) is 8.82. The Morgan fingerprint density at radius 1 is 1.47 bits per heavy atom. The first-order valence-electron chi connectivity index (χ1n) is 6.25. The molecule has 1 rings (SSSR count). The van der Waals surface area contributed by atoms with E-state index in [1.807, 2.05) is 20.8 Å². The maximum Gasteiger partial charge on any atom is 0.257 e. The Kier molecular flexibility index (Phi) is 5.50. The zero-order valence-corrected chi connectivity index (χ0v) is 13.1. The molecule has 2 N–H and O–H groups in total. The van der Waals surface area contributed by atoms with Crippen molar-refractivity contribution in [3.05, 3.63) is 34.1 Å². The van der Waals surface area contributed by atoms with E-state index in [9.17, 15) is 9.18 Å². The lowest BCUT2D eigenvalue weighted by Gasteiger charge is -2.31. The molecule has 0 bridgehead atoms. The number of amides is 1. The maximum absolute atomic E-state index is 13.8. The van der Waals surface area contributed by atoms with Crippen LogP contribution < -0.4 is 5.73 Å². The minimum atomic E-state index is -0.511. The average molecular weight is 331 g/mol. The number of hydrogen-bond donors (Lipinski definition) is 1. The molecule has 0 aliphatic carbocycles. The summed E-state index contributed by atoms with van der Waals surface area (Å²) in [6.45, 7) is 7.33. The maximum atomic E-state index is 13.8. The number of nitrogens with two attached hydrogens (primary N) is 1. The molecule has 1 aromatic rings. The summed E-state index contributed by atoms with van der Waals surface area (Å²) in [4.78, 5) is 14.0. The number of halogens is 2. The van der Waals surface area contributed by atoms with E-state index in [2.05, 4.69) is 15.9 Å². The molecule has 0 radical (unpaired) electrons. The summed E-state index contributed by atoms with van der Waals surface area (Å²) in [7, 11) is 0. The fourth-order valence-electron chi connectivity index (χ4n) is 1.77. The molecular weight excluding hydrogens is 311 g/mol. The van der Waals surface area contributed by atoms with Crippen molar-refractivity contribution < 1.29 is 9.18 Å². The number of hydrogen-bond acceptors (Lipinski definition) is 2. The molecule has 0 heterocycles. The SMILES string of the molecule is CCN(CC(C)(C)CN)C(=O)c1c(F)cccc1Br. The van der Waals surface area contributed by atoms with Crippen molar-refractivity contribution in [1.29, 1.82) is 0 Å². The van der Waals surface area contributed by atoms with Crippen LogP contribution in [-0.4, -0.2) is 30.4 Å². The Labute approximate surface area is 122 Å². The lowest BCUT2D eigenvalue weighted by molar-refractivity contribution is 0.0695. The quantitative estimate of drug-likeness (QED) is 0.901. The molecule has 0 saturated heterocycles. The van der Waals surface area contributed by atoms with Crippen LogP contribution in [0.3, 0.4) is 0 Å². The summed E-state index contributed by atoms with van der Waals surface area (Å²) in [5, 5.41) is 0. The van der Waals surface area contributed by atoms with Crippen molar-refractivity contribution >= 4 is 21.8 Å². The second-order valence-electron chi connectivity index (χ2n) is 5.28. The molecule has 0 saturated carbocycles. The van der Waals surface area contributed by atoms with Crippen LogP contribution in [0.1, 0.15) is 31.1 Å². The number of carbonyl (C=O) groups excluding carboxylic acids is 1. The molecule has 5 heteroatoms. The van der Waals surface area contributed by atoms with Crippen LogP contribution >= 0.6 is 15.9 Å². The average Bonchev–Trinajstić information content (AvgIpc) is 2.35. The van der Waals surface area contributed by atoms with Crippen LogP contribution in [0.25, 0.3) is 0 Å². The largest absolute Gasteiger partial charge is 0.338 e. The predicted octanol–water partition coefficient (Wildman–Crippen LogP) is 3.04. The van der Waals surface area contributed by atoms with Gasteiger partial charge in [0.2, 0.25) is 0 Å². The van der Waals surface area contributed by atoms with E-state index in [1.54, 1.807) is 17.0 Å². The highest BCUT2D eigenvalue weighted by molar-refractivity contribution is 9.10. The zero-order valence-electron chi connectivity index (χ0n) is 11.5. The smallest absolute Gasteiger partial charge is 0.257 e. The molecule has 1 aromatic carbocycles. The number of benzene rings is 1. The van der Waals surface area contributed by atoms with Gasteiger partial charge in [-0.05, 0) is 46.9 Å². The second-order valence-corrected chi connectivity index (χ2v) is 6.14. The summed E-state index contributed by atoms with van der Waals surface area (Å²) >= 11 is 3.23. The third-order valence-electron chi connectivity index (χ3n) is 3.02. The van der Waals surface area contributed by atoms with Crippen LogP contribution in [0.5, 0.6) is 0 Å². The number of nitrogens with zero attached hydrogens (tertiary/aromatic N) is 1. The van der Waals surface area contributed by atoms with Gasteiger partial charge >= 0.3 is 0 Å². The minimum absolute atomic E-state index is 0.0807. The van der Waals surface area contributed by atoms with E-state index >= 15 is 0 Å². The topological polar surface area (TPSA) is 46.3 Å². The first kappa shape index (κ1) is 16.1. The van der Waals surface area contributed by atoms with Gasteiger partial charge in [-0.2, -0.15) is 0 Å². The Morgan fingerprint density at radius 2 is 2.11 bits per heavy atom. The van der Waals surface area contributed by atoms with Gasteiger partial charge in [-0.15, -0.1) is 0 Å². The van der Waals surface area contributed by atoms with Crippen molar-refractivity contribution in [2.75, 3.05) is 19.6 Å². The van der Waals surface area contributed by atoms with Gasteiger partial charge in [-0.3, -0.25) is 4.79 Å². The molecular formula is C14H20BrFN2O. The van der Waals surface area contributed by atoms with Crippen LogP contribution in [-0.2, 0) is 0 Å². The van der Waals surface area contributed by atoms with Gasteiger partial charge in [0.1, 0.15) is 5.82 Å². The molecule has 0 spiro atoms. The van der Waals surface area contributed by atoms with Crippen molar-refractivity contribution in [2.45, 2.75) is 20.8 Å². The third-order valence-corrected chi connectivity index (χ3v) is 3.68. The highest BCUT2D eigenvalue weighted by Gasteiger charge is 2.26. The Morgan fingerprint density at radius 3 is 2.58 bits per heavy atom. The summed E-state index contributed by atoms with van der Waals surface area (Å²) < 4.78 is 14.3. The molecule has 0 fully saturated rings. The van der Waals surface area contributed by atoms with Crippen LogP contribution in [0.4, 0.5) is 4.39 Å². The molecule has 1 amide bonds. The van der Waals surface area contributed by atoms with E-state index in [4.69, 9.17) is 5.73 Å². The lowest BCUT2D eigenvalue weighted by Crippen LogP contribution is -2.42. The molecule has 0 atom stereocenters. The summed E-state index contributed by atoms with van der Waals surface area (Å²) in [5.74, 6) is -0.822. The van der Waals surface area contributed by atoms with E-state index < -0.39 is 5.82 Å². The van der Waals surface area contributed by atoms with E-state index in [0.29, 0.717) is 24.1 Å². The predicted molar refractivity (Wildman–Crippen MR) is 78.5 cm³/mol. The Bertz CT molecular complexity index is 443. The van der Waals surface area contributed by atoms with Crippen molar-refractivity contribution in [1.82, 2.24) is 4.90 Å². The summed E-state index contributed by atoms with van der Waals surface area (Å²) in [6, 6.07) is 4.52. The molecule has 0 aromatic heterocycles. The third kappa shape index (κ3) is 4.01. The van der Waals surface area contributed by atoms with Crippen LogP contribution in [0.2, 0.25) is 0 Å². The van der Waals surface area contributed by atoms with Crippen LogP contribution in [0, 0.1) is 11.2 Å². The minimum Gasteiger partial charge on any atom is -0.338 e. The van der Waals surface area contributed by atoms with Crippen LogP contribution in [0.15, 0.2) is 22.7 Å². The fraction of sp³-hybridized carbons (Fsp3) is 0.500. The Hall–Kier alpha value is -0.940. The molecule has 106 valence electrons. The van der Waals surface area contributed by atoms with E-state index in [0.717, 1.165) is 0 Å². The number of carbonyl (C=O) groups is 1. The first-order valence-corrected chi connectivity index (χ1v) is 7.05. The second kappa shape index (κ2) is 6.48. The molecule has 0 unspecified atom stereocenters. The fourth-order valence-corrected chi connectivity index (χ4v) is 2.28. The lowest BCUT2D eigenvalue weighted by atomic mass is 9.93. The summed E-state index contributed by atoms with van der Waals surface area (Å²) in [5.41, 5.74) is 5.58. The highest BCUT2D eigenvalue weighted by Crippen LogP contribution is 2.23.